The summed E-state index contributed by atoms with van der Waals surface area (Å²) in [5.74, 6) is 0.0295. The van der Waals surface area contributed by atoms with Gasteiger partial charge in [0.15, 0.2) is 0 Å². The van der Waals surface area contributed by atoms with Crippen LogP contribution in [0.4, 0.5) is 0 Å². The Morgan fingerprint density at radius 3 is 2.73 bits per heavy atom. The van der Waals surface area contributed by atoms with Crippen LogP contribution in [0.1, 0.15) is 12.0 Å². The highest BCUT2D eigenvalue weighted by Crippen LogP contribution is 2.35. The number of fused-ring (bicyclic) bond motifs is 1. The minimum absolute atomic E-state index is 0.114. The van der Waals surface area contributed by atoms with Gasteiger partial charge in [-0.25, -0.2) is 0 Å². The van der Waals surface area contributed by atoms with E-state index in [0.717, 1.165) is 25.3 Å². The minimum atomic E-state index is -0.634. The molecule has 1 N–H and O–H groups in total. The molecule has 0 aliphatic carbocycles. The molecule has 2 aliphatic heterocycles. The molecule has 3 rings (SSSR count). The van der Waals surface area contributed by atoms with Crippen LogP contribution in [0.15, 0.2) is 41.7 Å². The van der Waals surface area contributed by atoms with Crippen molar-refractivity contribution in [2.75, 3.05) is 20.6 Å². The van der Waals surface area contributed by atoms with Crippen molar-refractivity contribution in [2.24, 2.45) is 5.92 Å². The summed E-state index contributed by atoms with van der Waals surface area (Å²) in [6, 6.07) is 12.3. The first-order valence-corrected chi connectivity index (χ1v) is 7.50. The molecular weight excluding hydrogens is 276 g/mol. The molecule has 0 saturated carbocycles. The Balaban J connectivity index is 1.94. The van der Waals surface area contributed by atoms with Gasteiger partial charge in [-0.2, -0.15) is 5.26 Å². The lowest BCUT2D eigenvalue weighted by atomic mass is 9.90. The molecule has 114 valence electrons. The van der Waals surface area contributed by atoms with Gasteiger partial charge in [0.2, 0.25) is 5.91 Å². The zero-order valence-electron chi connectivity index (χ0n) is 12.9. The van der Waals surface area contributed by atoms with E-state index in [1.807, 2.05) is 37.2 Å². The number of nitrogens with zero attached hydrogens (tertiary/aromatic N) is 3. The molecule has 1 fully saturated rings. The highest BCUT2D eigenvalue weighted by Gasteiger charge is 2.44. The molecule has 5 heteroatoms. The fraction of sp³-hybridized carbons (Fsp3) is 0.412. The Morgan fingerprint density at radius 2 is 2.09 bits per heavy atom. The Morgan fingerprint density at radius 1 is 1.36 bits per heavy atom. The van der Waals surface area contributed by atoms with Gasteiger partial charge in [0, 0.05) is 27.2 Å². The molecule has 0 spiro atoms. The lowest BCUT2D eigenvalue weighted by Crippen LogP contribution is -2.50. The van der Waals surface area contributed by atoms with Crippen LogP contribution in [0.2, 0.25) is 0 Å². The van der Waals surface area contributed by atoms with E-state index in [4.69, 9.17) is 0 Å². The summed E-state index contributed by atoms with van der Waals surface area (Å²) < 4.78 is 0. The van der Waals surface area contributed by atoms with Gasteiger partial charge < -0.3 is 10.2 Å². The summed E-state index contributed by atoms with van der Waals surface area (Å²) in [7, 11) is 3.85. The highest BCUT2D eigenvalue weighted by molar-refractivity contribution is 5.85. The van der Waals surface area contributed by atoms with Gasteiger partial charge in [-0.1, -0.05) is 30.3 Å². The van der Waals surface area contributed by atoms with E-state index in [9.17, 15) is 10.1 Å². The smallest absolute Gasteiger partial charge is 0.244 e. The number of carbonyl (C=O) groups is 1. The van der Waals surface area contributed by atoms with E-state index in [1.54, 1.807) is 0 Å². The van der Waals surface area contributed by atoms with Gasteiger partial charge in [-0.05, 0) is 17.6 Å². The predicted octanol–water partition coefficient (Wildman–Crippen LogP) is 1.30. The lowest BCUT2D eigenvalue weighted by molar-refractivity contribution is -0.125. The van der Waals surface area contributed by atoms with Gasteiger partial charge >= 0.3 is 0 Å². The number of amides is 1. The van der Waals surface area contributed by atoms with Crippen molar-refractivity contribution in [1.82, 2.24) is 15.1 Å². The van der Waals surface area contributed by atoms with Crippen LogP contribution in [0.5, 0.6) is 0 Å². The Kier molecular flexibility index (Phi) is 3.86. The van der Waals surface area contributed by atoms with Crippen LogP contribution in [-0.4, -0.2) is 42.4 Å². The maximum Gasteiger partial charge on any atom is 0.244 e. The number of likely N-dealkylation sites (tertiary alicyclic amines) is 1. The van der Waals surface area contributed by atoms with E-state index < -0.39 is 5.92 Å². The molecule has 1 aromatic rings. The average Bonchev–Trinajstić information content (AvgIpc) is 2.91. The van der Waals surface area contributed by atoms with E-state index in [2.05, 4.69) is 28.4 Å². The van der Waals surface area contributed by atoms with Gasteiger partial charge in [-0.15, -0.1) is 0 Å². The van der Waals surface area contributed by atoms with Crippen molar-refractivity contribution in [2.45, 2.75) is 19.0 Å². The minimum Gasteiger partial charge on any atom is -0.364 e. The summed E-state index contributed by atoms with van der Waals surface area (Å²) in [5, 5.41) is 12.3. The number of nitrogens with one attached hydrogen (secondary N) is 1. The molecule has 0 unspecified atom stereocenters. The normalized spacial score (nSPS) is 24.7. The van der Waals surface area contributed by atoms with Crippen LogP contribution in [-0.2, 0) is 11.3 Å². The Labute approximate surface area is 130 Å². The van der Waals surface area contributed by atoms with Crippen molar-refractivity contribution in [1.29, 1.82) is 5.26 Å². The van der Waals surface area contributed by atoms with E-state index in [1.165, 1.54) is 11.1 Å². The summed E-state index contributed by atoms with van der Waals surface area (Å²) in [4.78, 5) is 16.4. The van der Waals surface area contributed by atoms with E-state index in [-0.39, 0.29) is 11.9 Å². The summed E-state index contributed by atoms with van der Waals surface area (Å²) in [5.41, 5.74) is 2.38. The Bertz CT molecular complexity index is 644. The fourth-order valence-electron chi connectivity index (χ4n) is 3.38. The molecule has 2 atom stereocenters. The maximum atomic E-state index is 12.3. The summed E-state index contributed by atoms with van der Waals surface area (Å²) in [6.45, 7) is 1.64. The zero-order valence-corrected chi connectivity index (χ0v) is 12.9. The van der Waals surface area contributed by atoms with Gasteiger partial charge in [0.05, 0.1) is 12.1 Å². The highest BCUT2D eigenvalue weighted by atomic mass is 16.2. The van der Waals surface area contributed by atoms with Crippen LogP contribution >= 0.6 is 0 Å². The first kappa shape index (κ1) is 14.6. The van der Waals surface area contributed by atoms with Crippen molar-refractivity contribution in [3.63, 3.8) is 0 Å². The first-order chi connectivity index (χ1) is 10.6. The standard InChI is InChI=1S/C17H20N4O/c1-20(2)16-13-8-9-21(11-12-6-4-3-5-7-12)15(13)14(10-18)17(22)19-16/h3-7,14-15H,8-9,11H2,1-2H3,(H,19,22)/t14-,15+/m0/s1. The monoisotopic (exact) mass is 296 g/mol. The second-order valence-corrected chi connectivity index (χ2v) is 6.02. The maximum absolute atomic E-state index is 12.3. The SMILES string of the molecule is CN(C)C1=C2CCN(Cc3ccccc3)[C@H]2[C@H](C#N)C(=O)N1. The third-order valence-corrected chi connectivity index (χ3v) is 4.38. The number of rotatable bonds is 3. The fourth-order valence-corrected chi connectivity index (χ4v) is 3.38. The lowest BCUT2D eigenvalue weighted by Gasteiger charge is -2.35. The molecule has 22 heavy (non-hydrogen) atoms. The van der Waals surface area contributed by atoms with Crippen LogP contribution in [0.3, 0.4) is 0 Å². The van der Waals surface area contributed by atoms with Crippen molar-refractivity contribution >= 4 is 5.91 Å². The average molecular weight is 296 g/mol. The second kappa shape index (κ2) is 5.82. The third kappa shape index (κ3) is 2.46. The van der Waals surface area contributed by atoms with E-state index in [0.29, 0.717) is 0 Å². The summed E-state index contributed by atoms with van der Waals surface area (Å²) in [6.07, 6.45) is 0.892. The van der Waals surface area contributed by atoms with Crippen LogP contribution < -0.4 is 5.32 Å². The van der Waals surface area contributed by atoms with Gasteiger partial charge in [0.1, 0.15) is 11.7 Å². The number of nitriles is 1. The molecule has 2 aliphatic rings. The molecule has 0 bridgehead atoms. The molecule has 1 amide bonds. The number of hydrogen-bond donors (Lipinski definition) is 1. The molecule has 1 saturated heterocycles. The molecule has 0 aromatic heterocycles. The predicted molar refractivity (Wildman–Crippen MR) is 83.2 cm³/mol. The molecular formula is C17H20N4O. The van der Waals surface area contributed by atoms with Crippen LogP contribution in [0, 0.1) is 17.2 Å². The summed E-state index contributed by atoms with van der Waals surface area (Å²) >= 11 is 0. The van der Waals surface area contributed by atoms with E-state index >= 15 is 0 Å². The first-order valence-electron chi connectivity index (χ1n) is 7.50. The van der Waals surface area contributed by atoms with Crippen molar-refractivity contribution in [3.8, 4) is 6.07 Å². The largest absolute Gasteiger partial charge is 0.364 e. The molecule has 1 aromatic carbocycles. The zero-order chi connectivity index (χ0) is 15.7. The van der Waals surface area contributed by atoms with Gasteiger partial charge in [0.25, 0.3) is 0 Å². The van der Waals surface area contributed by atoms with Crippen molar-refractivity contribution < 1.29 is 4.79 Å². The number of carbonyl (C=O) groups excluding carboxylic acids is 1. The number of hydrogen-bond acceptors (Lipinski definition) is 4. The second-order valence-electron chi connectivity index (χ2n) is 6.02. The third-order valence-electron chi connectivity index (χ3n) is 4.38. The molecule has 0 radical (unpaired) electrons. The quantitative estimate of drug-likeness (QED) is 0.913. The van der Waals surface area contributed by atoms with Crippen LogP contribution in [0.25, 0.3) is 0 Å². The number of benzene rings is 1. The van der Waals surface area contributed by atoms with Gasteiger partial charge in [-0.3, -0.25) is 9.69 Å². The Hall–Kier alpha value is -2.32. The molecule has 5 nitrogen and oxygen atoms in total. The molecule has 2 heterocycles. The topological polar surface area (TPSA) is 59.4 Å². The van der Waals surface area contributed by atoms with Crippen molar-refractivity contribution in [3.05, 3.63) is 47.3 Å².